The summed E-state index contributed by atoms with van der Waals surface area (Å²) in [6.45, 7) is 8.59. The molecule has 0 saturated carbocycles. The lowest BCUT2D eigenvalue weighted by molar-refractivity contribution is 0.0994. The van der Waals surface area contributed by atoms with Crippen molar-refractivity contribution in [1.29, 1.82) is 0 Å². The van der Waals surface area contributed by atoms with Crippen molar-refractivity contribution in [2.45, 2.75) is 27.2 Å². The third kappa shape index (κ3) is 4.48. The van der Waals surface area contributed by atoms with Gasteiger partial charge in [0.25, 0.3) is 5.91 Å². The number of rotatable bonds is 7. The molecule has 19 heavy (non-hydrogen) atoms. The SMILES string of the molecule is CCCN(CC(C)(C)CN)c1ccc(C(N)=O)nn1. The van der Waals surface area contributed by atoms with Crippen LogP contribution in [0.15, 0.2) is 12.1 Å². The van der Waals surface area contributed by atoms with E-state index in [1.807, 2.05) is 0 Å². The molecule has 0 fully saturated rings. The number of carbonyl (C=O) groups is 1. The lowest BCUT2D eigenvalue weighted by Crippen LogP contribution is -2.39. The van der Waals surface area contributed by atoms with Gasteiger partial charge in [-0.05, 0) is 30.5 Å². The van der Waals surface area contributed by atoms with Crippen molar-refractivity contribution in [1.82, 2.24) is 10.2 Å². The molecule has 0 radical (unpaired) electrons. The predicted molar refractivity (Wildman–Crippen MR) is 75.9 cm³/mol. The molecule has 1 heterocycles. The summed E-state index contributed by atoms with van der Waals surface area (Å²) in [5, 5.41) is 7.91. The van der Waals surface area contributed by atoms with Crippen LogP contribution >= 0.6 is 0 Å². The number of amides is 1. The zero-order chi connectivity index (χ0) is 14.5. The Hall–Kier alpha value is -1.69. The number of hydrogen-bond acceptors (Lipinski definition) is 5. The summed E-state index contributed by atoms with van der Waals surface area (Å²) in [7, 11) is 0. The third-order valence-corrected chi connectivity index (χ3v) is 2.89. The number of primary amides is 1. The van der Waals surface area contributed by atoms with Crippen molar-refractivity contribution in [2.75, 3.05) is 24.5 Å². The lowest BCUT2D eigenvalue weighted by atomic mass is 9.93. The highest BCUT2D eigenvalue weighted by Gasteiger charge is 2.21. The lowest BCUT2D eigenvalue weighted by Gasteiger charge is -2.32. The highest BCUT2D eigenvalue weighted by molar-refractivity contribution is 5.90. The average molecular weight is 265 g/mol. The normalized spacial score (nSPS) is 11.4. The quantitative estimate of drug-likeness (QED) is 0.759. The smallest absolute Gasteiger partial charge is 0.269 e. The Morgan fingerprint density at radius 1 is 1.37 bits per heavy atom. The molecule has 1 aromatic rings. The number of hydrogen-bond donors (Lipinski definition) is 2. The molecule has 106 valence electrons. The molecule has 6 heteroatoms. The molecule has 0 atom stereocenters. The maximum Gasteiger partial charge on any atom is 0.269 e. The van der Waals surface area contributed by atoms with Gasteiger partial charge in [-0.3, -0.25) is 4.79 Å². The number of anilines is 1. The molecule has 6 nitrogen and oxygen atoms in total. The van der Waals surface area contributed by atoms with E-state index in [1.165, 1.54) is 0 Å². The van der Waals surface area contributed by atoms with Gasteiger partial charge in [-0.15, -0.1) is 10.2 Å². The molecule has 0 bridgehead atoms. The topological polar surface area (TPSA) is 98.1 Å². The maximum absolute atomic E-state index is 11.0. The van der Waals surface area contributed by atoms with Crippen LogP contribution in [0.3, 0.4) is 0 Å². The average Bonchev–Trinajstić information content (AvgIpc) is 2.38. The molecular weight excluding hydrogens is 242 g/mol. The Morgan fingerprint density at radius 2 is 2.05 bits per heavy atom. The van der Waals surface area contributed by atoms with E-state index in [4.69, 9.17) is 11.5 Å². The van der Waals surface area contributed by atoms with Gasteiger partial charge in [0.05, 0.1) is 0 Å². The number of nitrogens with two attached hydrogens (primary N) is 2. The van der Waals surface area contributed by atoms with Crippen LogP contribution in [0.5, 0.6) is 0 Å². The first kappa shape index (κ1) is 15.4. The van der Waals surface area contributed by atoms with Crippen molar-refractivity contribution in [2.24, 2.45) is 16.9 Å². The second kappa shape index (κ2) is 6.47. The van der Waals surface area contributed by atoms with E-state index in [9.17, 15) is 4.79 Å². The zero-order valence-corrected chi connectivity index (χ0v) is 11.9. The fraction of sp³-hybridized carbons (Fsp3) is 0.615. The van der Waals surface area contributed by atoms with Gasteiger partial charge >= 0.3 is 0 Å². The van der Waals surface area contributed by atoms with Gasteiger partial charge in [0, 0.05) is 13.1 Å². The van der Waals surface area contributed by atoms with Crippen LogP contribution < -0.4 is 16.4 Å². The number of aromatic nitrogens is 2. The zero-order valence-electron chi connectivity index (χ0n) is 11.9. The summed E-state index contributed by atoms with van der Waals surface area (Å²) in [6, 6.07) is 3.37. The highest BCUT2D eigenvalue weighted by atomic mass is 16.1. The van der Waals surface area contributed by atoms with Gasteiger partial charge < -0.3 is 16.4 Å². The molecule has 1 aromatic heterocycles. The first-order valence-electron chi connectivity index (χ1n) is 6.48. The van der Waals surface area contributed by atoms with E-state index >= 15 is 0 Å². The molecule has 0 spiro atoms. The molecule has 0 aliphatic rings. The number of nitrogens with zero attached hydrogens (tertiary/aromatic N) is 3. The summed E-state index contributed by atoms with van der Waals surface area (Å²) in [6.07, 6.45) is 1.000. The van der Waals surface area contributed by atoms with E-state index in [0.29, 0.717) is 6.54 Å². The maximum atomic E-state index is 11.0. The minimum Gasteiger partial charge on any atom is -0.364 e. The van der Waals surface area contributed by atoms with Crippen molar-refractivity contribution in [3.8, 4) is 0 Å². The Morgan fingerprint density at radius 3 is 2.47 bits per heavy atom. The monoisotopic (exact) mass is 265 g/mol. The standard InChI is InChI=1S/C13H23N5O/c1-4-7-18(9-13(2,3)8-14)11-6-5-10(12(15)19)16-17-11/h5-6H,4,7-9,14H2,1-3H3,(H2,15,19). The largest absolute Gasteiger partial charge is 0.364 e. The van der Waals surface area contributed by atoms with Crippen molar-refractivity contribution in [3.05, 3.63) is 17.8 Å². The molecule has 1 rings (SSSR count). The summed E-state index contributed by atoms with van der Waals surface area (Å²) < 4.78 is 0. The van der Waals surface area contributed by atoms with Crippen LogP contribution in [-0.2, 0) is 0 Å². The molecule has 4 N–H and O–H groups in total. The highest BCUT2D eigenvalue weighted by Crippen LogP contribution is 2.19. The van der Waals surface area contributed by atoms with E-state index < -0.39 is 5.91 Å². The minimum atomic E-state index is -0.566. The number of carbonyl (C=O) groups excluding carboxylic acids is 1. The predicted octanol–water partition coefficient (Wildman–Crippen LogP) is 0.777. The van der Waals surface area contributed by atoms with Gasteiger partial charge in [0.15, 0.2) is 11.5 Å². The fourth-order valence-electron chi connectivity index (χ4n) is 1.75. The first-order valence-corrected chi connectivity index (χ1v) is 6.48. The Kier molecular flexibility index (Phi) is 5.23. The Labute approximate surface area is 114 Å². The molecular formula is C13H23N5O. The molecule has 0 aliphatic heterocycles. The van der Waals surface area contributed by atoms with E-state index in [1.54, 1.807) is 12.1 Å². The molecule has 1 amide bonds. The summed E-state index contributed by atoms with van der Waals surface area (Å²) >= 11 is 0. The molecule has 0 aromatic carbocycles. The van der Waals surface area contributed by atoms with Crippen LogP contribution in [0.1, 0.15) is 37.7 Å². The summed E-state index contributed by atoms with van der Waals surface area (Å²) in [4.78, 5) is 13.1. The van der Waals surface area contributed by atoms with Crippen LogP contribution in [0, 0.1) is 5.41 Å². The minimum absolute atomic E-state index is 0.000785. The van der Waals surface area contributed by atoms with E-state index in [-0.39, 0.29) is 11.1 Å². The third-order valence-electron chi connectivity index (χ3n) is 2.89. The van der Waals surface area contributed by atoms with Crippen molar-refractivity contribution >= 4 is 11.7 Å². The van der Waals surface area contributed by atoms with Gasteiger partial charge in [0.2, 0.25) is 0 Å². The van der Waals surface area contributed by atoms with Gasteiger partial charge in [-0.1, -0.05) is 20.8 Å². The van der Waals surface area contributed by atoms with E-state index in [0.717, 1.165) is 25.3 Å². The van der Waals surface area contributed by atoms with E-state index in [2.05, 4.69) is 35.9 Å². The first-order chi connectivity index (χ1) is 8.89. The van der Waals surface area contributed by atoms with Crippen LogP contribution in [-0.4, -0.2) is 35.7 Å². The van der Waals surface area contributed by atoms with Gasteiger partial charge in [-0.25, -0.2) is 0 Å². The van der Waals surface area contributed by atoms with Crippen LogP contribution in [0.2, 0.25) is 0 Å². The summed E-state index contributed by atoms with van der Waals surface area (Å²) in [5.74, 6) is 0.178. The van der Waals surface area contributed by atoms with Crippen LogP contribution in [0.4, 0.5) is 5.82 Å². The molecule has 0 aliphatic carbocycles. The Balaban J connectivity index is 2.89. The summed E-state index contributed by atoms with van der Waals surface area (Å²) in [5.41, 5.74) is 11.1. The van der Waals surface area contributed by atoms with Crippen LogP contribution in [0.25, 0.3) is 0 Å². The van der Waals surface area contributed by atoms with Crippen molar-refractivity contribution in [3.63, 3.8) is 0 Å². The second-order valence-electron chi connectivity index (χ2n) is 5.43. The van der Waals surface area contributed by atoms with Crippen molar-refractivity contribution < 1.29 is 4.79 Å². The fourth-order valence-corrected chi connectivity index (χ4v) is 1.75. The van der Waals surface area contributed by atoms with Gasteiger partial charge in [-0.2, -0.15) is 0 Å². The van der Waals surface area contributed by atoms with Gasteiger partial charge in [0.1, 0.15) is 0 Å². The molecule has 0 saturated heterocycles. The Bertz CT molecular complexity index is 416. The molecule has 0 unspecified atom stereocenters. The second-order valence-corrected chi connectivity index (χ2v) is 5.43.